The number of benzene rings is 2. The highest BCUT2D eigenvalue weighted by molar-refractivity contribution is 5.96. The summed E-state index contributed by atoms with van der Waals surface area (Å²) in [5.74, 6) is -0.303. The lowest BCUT2D eigenvalue weighted by atomic mass is 9.81. The molecule has 1 saturated heterocycles. The number of hydrogen-bond donors (Lipinski definition) is 2. The van der Waals surface area contributed by atoms with Crippen molar-refractivity contribution in [1.29, 1.82) is 0 Å². The molecule has 2 N–H and O–H groups in total. The minimum absolute atomic E-state index is 0.116. The maximum atomic E-state index is 12.9. The normalized spacial score (nSPS) is 23.0. The first-order valence-electron chi connectivity index (χ1n) is 11.8. The molecule has 1 atom stereocenters. The fourth-order valence-electron chi connectivity index (χ4n) is 4.98. The molecule has 2 aromatic carbocycles. The van der Waals surface area contributed by atoms with Crippen LogP contribution in [0.15, 0.2) is 54.6 Å². The standard InChI is InChI=1S/C26H30F3N3O2/c27-26(28,29)21-8-4-7-20(15-21)25(34)30-16-24(33)32-14-13-23(17-32)31-22-11-9-19(10-12-22)18-5-2-1-3-6-18/h1-8,15,19,22-23,31H,9-14,16-17H2,(H,30,34)/t19?,22?,23-/m1/s1. The Kier molecular flexibility index (Phi) is 7.56. The van der Waals surface area contributed by atoms with Crippen molar-refractivity contribution in [3.05, 3.63) is 71.3 Å². The third-order valence-electron chi connectivity index (χ3n) is 6.86. The van der Waals surface area contributed by atoms with Crippen LogP contribution in [0.1, 0.15) is 59.5 Å². The van der Waals surface area contributed by atoms with Gasteiger partial charge in [-0.3, -0.25) is 9.59 Å². The molecule has 1 heterocycles. The SMILES string of the molecule is O=C(NCC(=O)N1CC[C@@H](NC2CCC(c3ccccc3)CC2)C1)c1cccc(C(F)(F)F)c1. The highest BCUT2D eigenvalue weighted by Crippen LogP contribution is 2.33. The van der Waals surface area contributed by atoms with Crippen LogP contribution >= 0.6 is 0 Å². The summed E-state index contributed by atoms with van der Waals surface area (Å²) in [6, 6.07) is 15.5. The molecule has 2 aliphatic rings. The molecule has 2 amide bonds. The number of halogens is 3. The van der Waals surface area contributed by atoms with Gasteiger partial charge < -0.3 is 15.5 Å². The molecular weight excluding hydrogens is 443 g/mol. The molecular formula is C26H30F3N3O2. The Morgan fingerprint density at radius 3 is 2.35 bits per heavy atom. The summed E-state index contributed by atoms with van der Waals surface area (Å²) in [7, 11) is 0. The zero-order valence-electron chi connectivity index (χ0n) is 19.0. The van der Waals surface area contributed by atoms with E-state index in [1.165, 1.54) is 17.7 Å². The van der Waals surface area contributed by atoms with Crippen molar-refractivity contribution in [2.45, 2.75) is 56.3 Å². The number of amides is 2. The zero-order valence-corrected chi connectivity index (χ0v) is 19.0. The van der Waals surface area contributed by atoms with Crippen LogP contribution in [0.4, 0.5) is 13.2 Å². The van der Waals surface area contributed by atoms with Crippen LogP contribution in [0.2, 0.25) is 0 Å². The minimum atomic E-state index is -4.52. The third-order valence-corrected chi connectivity index (χ3v) is 6.86. The van der Waals surface area contributed by atoms with E-state index in [1.807, 2.05) is 6.07 Å². The Morgan fingerprint density at radius 2 is 1.65 bits per heavy atom. The lowest BCUT2D eigenvalue weighted by Gasteiger charge is -2.31. The van der Waals surface area contributed by atoms with E-state index in [9.17, 15) is 22.8 Å². The minimum Gasteiger partial charge on any atom is -0.343 e. The first-order valence-corrected chi connectivity index (χ1v) is 11.8. The summed E-state index contributed by atoms with van der Waals surface area (Å²) >= 11 is 0. The van der Waals surface area contributed by atoms with Crippen molar-refractivity contribution in [2.24, 2.45) is 0 Å². The molecule has 1 aliphatic heterocycles. The molecule has 0 radical (unpaired) electrons. The number of nitrogens with one attached hydrogen (secondary N) is 2. The van der Waals surface area contributed by atoms with Crippen molar-refractivity contribution < 1.29 is 22.8 Å². The van der Waals surface area contributed by atoms with Crippen LogP contribution in [-0.4, -0.2) is 48.4 Å². The number of carbonyl (C=O) groups is 2. The van der Waals surface area contributed by atoms with Crippen LogP contribution in [0.5, 0.6) is 0 Å². The predicted molar refractivity (Wildman–Crippen MR) is 123 cm³/mol. The van der Waals surface area contributed by atoms with Gasteiger partial charge in [0.2, 0.25) is 5.91 Å². The molecule has 2 fully saturated rings. The van der Waals surface area contributed by atoms with Gasteiger partial charge in [-0.25, -0.2) is 0 Å². The molecule has 5 nitrogen and oxygen atoms in total. The Labute approximate surface area is 197 Å². The lowest BCUT2D eigenvalue weighted by Crippen LogP contribution is -2.44. The average molecular weight is 474 g/mol. The molecule has 34 heavy (non-hydrogen) atoms. The highest BCUT2D eigenvalue weighted by Gasteiger charge is 2.32. The fraction of sp³-hybridized carbons (Fsp3) is 0.462. The maximum Gasteiger partial charge on any atom is 0.416 e. The van der Waals surface area contributed by atoms with Gasteiger partial charge in [-0.1, -0.05) is 36.4 Å². The molecule has 0 unspecified atom stereocenters. The second-order valence-electron chi connectivity index (χ2n) is 9.21. The van der Waals surface area contributed by atoms with Gasteiger partial charge in [-0.2, -0.15) is 13.2 Å². The van der Waals surface area contributed by atoms with E-state index in [0.717, 1.165) is 44.2 Å². The number of alkyl halides is 3. The summed E-state index contributed by atoms with van der Waals surface area (Å²) in [5.41, 5.74) is 0.401. The van der Waals surface area contributed by atoms with Crippen LogP contribution in [0, 0.1) is 0 Å². The Hall–Kier alpha value is -2.87. The maximum absolute atomic E-state index is 12.9. The molecule has 0 spiro atoms. The van der Waals surface area contributed by atoms with E-state index in [4.69, 9.17) is 0 Å². The Morgan fingerprint density at radius 1 is 0.912 bits per heavy atom. The topological polar surface area (TPSA) is 61.4 Å². The van der Waals surface area contributed by atoms with Gasteiger partial charge in [0, 0.05) is 30.7 Å². The van der Waals surface area contributed by atoms with Gasteiger partial charge in [0.15, 0.2) is 0 Å². The summed E-state index contributed by atoms with van der Waals surface area (Å²) in [4.78, 5) is 26.5. The van der Waals surface area contributed by atoms with Crippen molar-refractivity contribution in [3.63, 3.8) is 0 Å². The molecule has 4 rings (SSSR count). The van der Waals surface area contributed by atoms with E-state index in [0.29, 0.717) is 25.0 Å². The van der Waals surface area contributed by atoms with Crippen LogP contribution < -0.4 is 10.6 Å². The highest BCUT2D eigenvalue weighted by atomic mass is 19.4. The van der Waals surface area contributed by atoms with Crippen LogP contribution in [0.3, 0.4) is 0 Å². The Balaban J connectivity index is 1.20. The lowest BCUT2D eigenvalue weighted by molar-refractivity contribution is -0.137. The predicted octanol–water partition coefficient (Wildman–Crippen LogP) is 4.35. The van der Waals surface area contributed by atoms with E-state index >= 15 is 0 Å². The van der Waals surface area contributed by atoms with Gasteiger partial charge in [0.1, 0.15) is 0 Å². The zero-order chi connectivity index (χ0) is 24.1. The summed E-state index contributed by atoms with van der Waals surface area (Å²) in [6.07, 6.45) is 0.849. The summed E-state index contributed by atoms with van der Waals surface area (Å²) in [5, 5.41) is 6.15. The van der Waals surface area contributed by atoms with Crippen LogP contribution in [-0.2, 0) is 11.0 Å². The third kappa shape index (κ3) is 6.17. The summed E-state index contributed by atoms with van der Waals surface area (Å²) in [6.45, 7) is 0.955. The van der Waals surface area contributed by atoms with Gasteiger partial charge >= 0.3 is 6.18 Å². The van der Waals surface area contributed by atoms with Crippen molar-refractivity contribution in [2.75, 3.05) is 19.6 Å². The number of hydrogen-bond acceptors (Lipinski definition) is 3. The van der Waals surface area contributed by atoms with Crippen molar-refractivity contribution in [3.8, 4) is 0 Å². The second kappa shape index (κ2) is 10.6. The van der Waals surface area contributed by atoms with Gasteiger partial charge in [0.05, 0.1) is 12.1 Å². The van der Waals surface area contributed by atoms with E-state index < -0.39 is 17.6 Å². The quantitative estimate of drug-likeness (QED) is 0.656. The number of rotatable bonds is 6. The number of likely N-dealkylation sites (tertiary alicyclic amines) is 1. The largest absolute Gasteiger partial charge is 0.416 e. The van der Waals surface area contributed by atoms with Crippen LogP contribution in [0.25, 0.3) is 0 Å². The van der Waals surface area contributed by atoms with E-state index in [1.54, 1.807) is 4.90 Å². The first-order chi connectivity index (χ1) is 16.3. The molecule has 0 aromatic heterocycles. The smallest absolute Gasteiger partial charge is 0.343 e. The molecule has 2 aromatic rings. The first kappa shape index (κ1) is 24.3. The van der Waals surface area contributed by atoms with E-state index in [-0.39, 0.29) is 24.1 Å². The van der Waals surface area contributed by atoms with Crippen molar-refractivity contribution >= 4 is 11.8 Å². The van der Waals surface area contributed by atoms with Gasteiger partial charge in [-0.15, -0.1) is 0 Å². The Bertz CT molecular complexity index is 988. The monoisotopic (exact) mass is 473 g/mol. The molecule has 1 saturated carbocycles. The molecule has 182 valence electrons. The summed E-state index contributed by atoms with van der Waals surface area (Å²) < 4.78 is 38.6. The number of carbonyl (C=O) groups excluding carboxylic acids is 2. The second-order valence-corrected chi connectivity index (χ2v) is 9.21. The van der Waals surface area contributed by atoms with Crippen molar-refractivity contribution in [1.82, 2.24) is 15.5 Å². The molecule has 0 bridgehead atoms. The average Bonchev–Trinajstić information content (AvgIpc) is 3.31. The number of nitrogens with zero attached hydrogens (tertiary/aromatic N) is 1. The molecule has 8 heteroatoms. The van der Waals surface area contributed by atoms with Gasteiger partial charge in [0.25, 0.3) is 5.91 Å². The molecule has 1 aliphatic carbocycles. The van der Waals surface area contributed by atoms with E-state index in [2.05, 4.69) is 34.9 Å². The fourth-order valence-corrected chi connectivity index (χ4v) is 4.98. The van der Waals surface area contributed by atoms with Gasteiger partial charge in [-0.05, 0) is 61.8 Å².